The number of nitrogens with one attached hydrogen (secondary N) is 1. The molecule has 1 aromatic rings. The average molecular weight is 411 g/mol. The largest absolute Gasteiger partial charge is 0.477 e. The third-order valence-corrected chi connectivity index (χ3v) is 2.46. The van der Waals surface area contributed by atoms with Gasteiger partial charge in [0.25, 0.3) is 0 Å². The Morgan fingerprint density at radius 1 is 1.41 bits per heavy atom. The van der Waals surface area contributed by atoms with Crippen molar-refractivity contribution in [2.75, 3.05) is 0 Å². The Morgan fingerprint density at radius 3 is 2.41 bits per heavy atom. The van der Waals surface area contributed by atoms with E-state index in [-0.39, 0.29) is 38.7 Å². The summed E-state index contributed by atoms with van der Waals surface area (Å²) in [7, 11) is 0. The molecular weight excluding hydrogens is 396 g/mol. The molecule has 0 atom stereocenters. The van der Waals surface area contributed by atoms with Crippen molar-refractivity contribution >= 4 is 11.9 Å². The molecule has 0 aliphatic carbocycles. The van der Waals surface area contributed by atoms with E-state index >= 15 is 0 Å². The van der Waals surface area contributed by atoms with Gasteiger partial charge in [-0.05, 0) is 24.5 Å². The van der Waals surface area contributed by atoms with Gasteiger partial charge < -0.3 is 14.8 Å². The van der Waals surface area contributed by atoms with Crippen molar-refractivity contribution < 1.29 is 39.9 Å². The molecule has 6 heteroatoms. The molecule has 0 spiro atoms. The van der Waals surface area contributed by atoms with E-state index < -0.39 is 5.97 Å². The molecule has 0 unspecified atom stereocenters. The Morgan fingerprint density at radius 2 is 2.00 bits per heavy atom. The van der Waals surface area contributed by atoms with Gasteiger partial charge in [0.05, 0.1) is 5.69 Å². The third-order valence-electron chi connectivity index (χ3n) is 2.46. The van der Waals surface area contributed by atoms with Crippen molar-refractivity contribution in [3.05, 3.63) is 22.5 Å². The van der Waals surface area contributed by atoms with E-state index in [1.807, 2.05) is 6.92 Å². The number of carboxylic acid groups (broad SMARTS) is 1. The SMILES string of the molecule is CCc1c(COC(C)=O)[nH]c(C(=O)O)c1C.[Re]. The van der Waals surface area contributed by atoms with E-state index in [1.54, 1.807) is 6.92 Å². The summed E-state index contributed by atoms with van der Waals surface area (Å²) in [6, 6.07) is 0. The standard InChI is InChI=1S/C11H15NO4.Re/c1-4-8-6(2)10(11(14)15)12-9(8)5-16-7(3)13;/h12H,4-5H2,1-3H3,(H,14,15);. The van der Waals surface area contributed by atoms with Crippen molar-refractivity contribution in [1.82, 2.24) is 4.98 Å². The summed E-state index contributed by atoms with van der Waals surface area (Å²) < 4.78 is 4.86. The van der Waals surface area contributed by atoms with Crippen LogP contribution >= 0.6 is 0 Å². The van der Waals surface area contributed by atoms with Gasteiger partial charge in [0, 0.05) is 27.3 Å². The van der Waals surface area contributed by atoms with Gasteiger partial charge in [0.15, 0.2) is 0 Å². The first-order chi connectivity index (χ1) is 7.47. The minimum absolute atomic E-state index is 0. The Hall–Kier alpha value is -1.12. The molecule has 1 heterocycles. The number of hydrogen-bond acceptors (Lipinski definition) is 3. The van der Waals surface area contributed by atoms with Crippen LogP contribution in [0.25, 0.3) is 0 Å². The number of aromatic carboxylic acids is 1. The van der Waals surface area contributed by atoms with Crippen LogP contribution in [0.4, 0.5) is 0 Å². The van der Waals surface area contributed by atoms with Crippen LogP contribution in [0.2, 0.25) is 0 Å². The Balaban J connectivity index is 0.00000256. The Bertz CT molecular complexity index is 425. The van der Waals surface area contributed by atoms with E-state index in [1.165, 1.54) is 6.92 Å². The van der Waals surface area contributed by atoms with E-state index in [9.17, 15) is 9.59 Å². The van der Waals surface area contributed by atoms with Crippen molar-refractivity contribution in [2.45, 2.75) is 33.8 Å². The maximum atomic E-state index is 10.9. The average Bonchev–Trinajstić information content (AvgIpc) is 2.51. The maximum absolute atomic E-state index is 10.9. The number of hydrogen-bond donors (Lipinski definition) is 2. The molecule has 0 aliphatic heterocycles. The molecule has 95 valence electrons. The number of esters is 1. The number of rotatable bonds is 4. The molecule has 0 aromatic carbocycles. The van der Waals surface area contributed by atoms with Crippen LogP contribution in [0, 0.1) is 6.92 Å². The first-order valence-corrected chi connectivity index (χ1v) is 5.04. The number of aromatic nitrogens is 1. The van der Waals surface area contributed by atoms with E-state index in [2.05, 4.69) is 4.98 Å². The minimum atomic E-state index is -0.999. The van der Waals surface area contributed by atoms with E-state index in [0.29, 0.717) is 17.7 Å². The molecule has 2 N–H and O–H groups in total. The molecule has 0 fully saturated rings. The van der Waals surface area contributed by atoms with Crippen LogP contribution in [0.1, 0.15) is 41.2 Å². The monoisotopic (exact) mass is 412 g/mol. The smallest absolute Gasteiger partial charge is 0.352 e. The molecule has 0 aliphatic rings. The molecule has 0 saturated carbocycles. The minimum Gasteiger partial charge on any atom is -0.477 e. The van der Waals surface area contributed by atoms with Crippen molar-refractivity contribution in [2.24, 2.45) is 0 Å². The predicted octanol–water partition coefficient (Wildman–Crippen LogP) is 1.64. The van der Waals surface area contributed by atoms with Crippen LogP contribution < -0.4 is 0 Å². The first-order valence-electron chi connectivity index (χ1n) is 5.04. The van der Waals surface area contributed by atoms with Gasteiger partial charge in [-0.1, -0.05) is 6.92 Å². The number of carbonyl (C=O) groups is 2. The van der Waals surface area contributed by atoms with Gasteiger partial charge in [-0.3, -0.25) is 4.79 Å². The van der Waals surface area contributed by atoms with Crippen LogP contribution in [-0.4, -0.2) is 22.0 Å². The number of ether oxygens (including phenoxy) is 1. The van der Waals surface area contributed by atoms with Crippen molar-refractivity contribution in [3.63, 3.8) is 0 Å². The second-order valence-corrected chi connectivity index (χ2v) is 3.52. The van der Waals surface area contributed by atoms with Gasteiger partial charge in [-0.15, -0.1) is 0 Å². The van der Waals surface area contributed by atoms with Crippen molar-refractivity contribution in [3.8, 4) is 0 Å². The van der Waals surface area contributed by atoms with Gasteiger partial charge >= 0.3 is 11.9 Å². The summed E-state index contributed by atoms with van der Waals surface area (Å²) >= 11 is 0. The molecule has 17 heavy (non-hydrogen) atoms. The molecule has 0 bridgehead atoms. The molecule has 1 radical (unpaired) electrons. The third kappa shape index (κ3) is 3.69. The predicted molar refractivity (Wildman–Crippen MR) is 57.3 cm³/mol. The normalized spacial score (nSPS) is 9.59. The topological polar surface area (TPSA) is 79.4 Å². The summed E-state index contributed by atoms with van der Waals surface area (Å²) in [5, 5.41) is 8.94. The number of H-pyrrole nitrogens is 1. The zero-order chi connectivity index (χ0) is 12.3. The second kappa shape index (κ2) is 6.58. The summed E-state index contributed by atoms with van der Waals surface area (Å²) in [6.07, 6.45) is 0.701. The number of aromatic amines is 1. The molecule has 0 saturated heterocycles. The second-order valence-electron chi connectivity index (χ2n) is 3.52. The van der Waals surface area contributed by atoms with Crippen LogP contribution in [-0.2, 0) is 43.0 Å². The summed E-state index contributed by atoms with van der Waals surface area (Å²) in [4.78, 5) is 24.4. The molecule has 1 rings (SSSR count). The van der Waals surface area contributed by atoms with Gasteiger partial charge in [0.1, 0.15) is 12.3 Å². The van der Waals surface area contributed by atoms with Gasteiger partial charge in [-0.25, -0.2) is 4.79 Å². The molecule has 0 amide bonds. The maximum Gasteiger partial charge on any atom is 0.352 e. The number of carbonyl (C=O) groups excluding carboxylic acids is 1. The van der Waals surface area contributed by atoms with Gasteiger partial charge in [0.2, 0.25) is 0 Å². The quantitative estimate of drug-likeness (QED) is 0.739. The fraction of sp³-hybridized carbons (Fsp3) is 0.455. The zero-order valence-corrected chi connectivity index (χ0v) is 12.7. The van der Waals surface area contributed by atoms with Crippen LogP contribution in [0.5, 0.6) is 0 Å². The molecule has 1 aromatic heterocycles. The van der Waals surface area contributed by atoms with E-state index in [4.69, 9.17) is 9.84 Å². The zero-order valence-electron chi connectivity index (χ0n) is 9.96. The Labute approximate surface area is 113 Å². The van der Waals surface area contributed by atoms with E-state index in [0.717, 1.165) is 5.56 Å². The van der Waals surface area contributed by atoms with Crippen LogP contribution in [0.15, 0.2) is 0 Å². The molecular formula is C11H15NO4Re. The van der Waals surface area contributed by atoms with Crippen molar-refractivity contribution in [1.29, 1.82) is 0 Å². The van der Waals surface area contributed by atoms with Crippen LogP contribution in [0.3, 0.4) is 0 Å². The Kier molecular flexibility index (Phi) is 6.14. The summed E-state index contributed by atoms with van der Waals surface area (Å²) in [6.45, 7) is 5.08. The molecule has 5 nitrogen and oxygen atoms in total. The first kappa shape index (κ1) is 15.9. The summed E-state index contributed by atoms with van der Waals surface area (Å²) in [5.41, 5.74) is 2.43. The fourth-order valence-corrected chi connectivity index (χ4v) is 1.69. The summed E-state index contributed by atoms with van der Waals surface area (Å²) in [5.74, 6) is -1.38. The number of carboxylic acids is 1. The van der Waals surface area contributed by atoms with Gasteiger partial charge in [-0.2, -0.15) is 0 Å². The fourth-order valence-electron chi connectivity index (χ4n) is 1.69.